The lowest BCUT2D eigenvalue weighted by molar-refractivity contribution is -0.139. The summed E-state index contributed by atoms with van der Waals surface area (Å²) < 4.78 is 7.29. The van der Waals surface area contributed by atoms with Crippen molar-refractivity contribution in [2.24, 2.45) is 0 Å². The highest BCUT2D eigenvalue weighted by Gasteiger charge is 2.14. The number of amides is 1. The maximum Gasteiger partial charge on any atom is 0.312 e. The number of fused-ring (bicyclic) bond motifs is 1. The molecule has 3 aromatic rings. The number of carbonyl (C=O) groups is 2. The molecule has 0 unspecified atom stereocenters. The van der Waals surface area contributed by atoms with Gasteiger partial charge in [0, 0.05) is 16.8 Å². The Bertz CT molecular complexity index is 1110. The van der Waals surface area contributed by atoms with Crippen LogP contribution in [-0.2, 0) is 16.0 Å². The van der Waals surface area contributed by atoms with Crippen LogP contribution in [-0.4, -0.2) is 22.0 Å². The number of anilines is 1. The lowest BCUT2D eigenvalue weighted by Crippen LogP contribution is -2.15. The van der Waals surface area contributed by atoms with E-state index in [1.54, 1.807) is 12.1 Å². The molecule has 0 fully saturated rings. The van der Waals surface area contributed by atoms with Gasteiger partial charge >= 0.3 is 5.97 Å². The van der Waals surface area contributed by atoms with Crippen LogP contribution in [0.4, 0.5) is 5.69 Å². The summed E-state index contributed by atoms with van der Waals surface area (Å²) in [6.07, 6.45) is 1.40. The first-order valence-electron chi connectivity index (χ1n) is 9.35. The van der Waals surface area contributed by atoms with E-state index in [2.05, 4.69) is 57.1 Å². The summed E-state index contributed by atoms with van der Waals surface area (Å²) in [4.78, 5) is 27.1. The van der Waals surface area contributed by atoms with Crippen molar-refractivity contribution in [1.29, 1.82) is 0 Å². The van der Waals surface area contributed by atoms with E-state index in [0.29, 0.717) is 26.1 Å². The quantitative estimate of drug-likeness (QED) is 0.350. The number of ether oxygens (including phenoxy) is 1. The molecule has 0 atom stereocenters. The van der Waals surface area contributed by atoms with Crippen molar-refractivity contribution in [2.45, 2.75) is 33.1 Å². The summed E-state index contributed by atoms with van der Waals surface area (Å²) in [7, 11) is 0. The van der Waals surface area contributed by atoms with Crippen LogP contribution in [0.1, 0.15) is 31.0 Å². The van der Waals surface area contributed by atoms with Gasteiger partial charge in [0.05, 0.1) is 14.5 Å². The summed E-state index contributed by atoms with van der Waals surface area (Å²) in [6, 6.07) is 11.2. The fraction of sp³-hybridized carbons (Fsp3) is 0.227. The van der Waals surface area contributed by atoms with E-state index in [0.717, 1.165) is 35.0 Å². The lowest BCUT2D eigenvalue weighted by atomic mass is 10.1. The average Bonchev–Trinajstić information content (AvgIpc) is 2.64. The van der Waals surface area contributed by atoms with Gasteiger partial charge in [-0.25, -0.2) is 0 Å². The first kappa shape index (κ1) is 22.2. The zero-order valence-corrected chi connectivity index (χ0v) is 19.6. The number of aromatic nitrogens is 1. The van der Waals surface area contributed by atoms with Gasteiger partial charge in [-0.05, 0) is 87.2 Å². The number of halogens is 2. The third-order valence-electron chi connectivity index (χ3n) is 4.36. The molecular formula is C22H20Br2N2O4. The zero-order valence-electron chi connectivity index (χ0n) is 16.5. The smallest absolute Gasteiger partial charge is 0.312 e. The third-order valence-corrected chi connectivity index (χ3v) is 5.54. The maximum absolute atomic E-state index is 11.7. The van der Waals surface area contributed by atoms with E-state index in [-0.39, 0.29) is 0 Å². The Morgan fingerprint density at radius 3 is 2.47 bits per heavy atom. The number of pyridine rings is 1. The van der Waals surface area contributed by atoms with E-state index in [1.165, 1.54) is 0 Å². The van der Waals surface area contributed by atoms with Gasteiger partial charge in [0.25, 0.3) is 0 Å². The first-order chi connectivity index (χ1) is 14.3. The van der Waals surface area contributed by atoms with Gasteiger partial charge in [-0.15, -0.1) is 0 Å². The predicted octanol–water partition coefficient (Wildman–Crippen LogP) is 6.23. The average molecular weight is 536 g/mol. The van der Waals surface area contributed by atoms with Crippen LogP contribution in [0.25, 0.3) is 10.9 Å². The predicted molar refractivity (Wildman–Crippen MR) is 123 cm³/mol. The van der Waals surface area contributed by atoms with Gasteiger partial charge in [0.15, 0.2) is 5.75 Å². The number of hydrogen-bond donors (Lipinski definition) is 2. The molecule has 8 heteroatoms. The molecule has 156 valence electrons. The maximum atomic E-state index is 11.7. The minimum Gasteiger partial charge on any atom is -0.481 e. The third kappa shape index (κ3) is 5.37. The topological polar surface area (TPSA) is 88.5 Å². The number of carboxylic acids is 1. The molecule has 6 nitrogen and oxygen atoms in total. The number of nitrogens with zero attached hydrogens (tertiary/aromatic N) is 1. The second-order valence-electron chi connectivity index (χ2n) is 6.85. The van der Waals surface area contributed by atoms with Crippen molar-refractivity contribution >= 4 is 60.3 Å². The SMILES string of the molecule is CCCc1cc(C)c2cc(Oc3c(Br)cc(NC(=O)CC(=O)O)cc3Br)ccc2n1. The lowest BCUT2D eigenvalue weighted by Gasteiger charge is -2.14. The fourth-order valence-corrected chi connectivity index (χ4v) is 4.43. The highest BCUT2D eigenvalue weighted by Crippen LogP contribution is 2.40. The van der Waals surface area contributed by atoms with Gasteiger partial charge < -0.3 is 15.2 Å². The first-order valence-corrected chi connectivity index (χ1v) is 10.9. The van der Waals surface area contributed by atoms with Crippen molar-refractivity contribution in [2.75, 3.05) is 5.32 Å². The molecule has 0 radical (unpaired) electrons. The Kier molecular flexibility index (Phi) is 7.10. The van der Waals surface area contributed by atoms with Crippen LogP contribution in [0.5, 0.6) is 11.5 Å². The monoisotopic (exact) mass is 534 g/mol. The molecule has 0 saturated heterocycles. The van der Waals surface area contributed by atoms with Crippen LogP contribution in [0.15, 0.2) is 45.3 Å². The molecule has 0 aliphatic heterocycles. The number of benzene rings is 2. The molecule has 2 N–H and O–H groups in total. The summed E-state index contributed by atoms with van der Waals surface area (Å²) in [5.41, 5.74) is 3.61. The summed E-state index contributed by atoms with van der Waals surface area (Å²) in [6.45, 7) is 4.20. The van der Waals surface area contributed by atoms with E-state index >= 15 is 0 Å². The van der Waals surface area contributed by atoms with Crippen LogP contribution < -0.4 is 10.1 Å². The Morgan fingerprint density at radius 1 is 1.13 bits per heavy atom. The van der Waals surface area contributed by atoms with Gasteiger partial charge in [-0.1, -0.05) is 13.3 Å². The van der Waals surface area contributed by atoms with Crippen molar-refractivity contribution in [3.8, 4) is 11.5 Å². The largest absolute Gasteiger partial charge is 0.481 e. The molecule has 0 aliphatic carbocycles. The Balaban J connectivity index is 1.86. The molecule has 2 aromatic carbocycles. The highest BCUT2D eigenvalue weighted by atomic mass is 79.9. The summed E-state index contributed by atoms with van der Waals surface area (Å²) >= 11 is 6.90. The van der Waals surface area contributed by atoms with Crippen molar-refractivity contribution < 1.29 is 19.4 Å². The van der Waals surface area contributed by atoms with Crippen LogP contribution in [0.2, 0.25) is 0 Å². The molecule has 0 aliphatic rings. The highest BCUT2D eigenvalue weighted by molar-refractivity contribution is 9.11. The number of nitrogens with one attached hydrogen (secondary N) is 1. The van der Waals surface area contributed by atoms with Crippen LogP contribution >= 0.6 is 31.9 Å². The number of rotatable bonds is 7. The number of carboxylic acid groups (broad SMARTS) is 1. The molecule has 3 rings (SSSR count). The second kappa shape index (κ2) is 9.57. The van der Waals surface area contributed by atoms with Gasteiger partial charge in [-0.2, -0.15) is 0 Å². The molecule has 0 spiro atoms. The van der Waals surface area contributed by atoms with Gasteiger partial charge in [-0.3, -0.25) is 14.6 Å². The number of carbonyl (C=O) groups excluding carboxylic acids is 1. The summed E-state index contributed by atoms with van der Waals surface area (Å²) in [5, 5.41) is 12.3. The number of aryl methyl sites for hydroxylation is 2. The molecule has 1 aromatic heterocycles. The molecule has 1 heterocycles. The minimum atomic E-state index is -1.19. The minimum absolute atomic E-state index is 0.453. The van der Waals surface area contributed by atoms with E-state index in [4.69, 9.17) is 14.8 Å². The van der Waals surface area contributed by atoms with Gasteiger partial charge in [0.1, 0.15) is 12.2 Å². The molecule has 30 heavy (non-hydrogen) atoms. The molecule has 1 amide bonds. The Hall–Kier alpha value is -2.45. The van der Waals surface area contributed by atoms with E-state index in [1.807, 2.05) is 18.2 Å². The zero-order chi connectivity index (χ0) is 21.8. The standard InChI is InChI=1S/C22H20Br2N2O4/c1-3-4-13-7-12(2)16-10-15(5-6-19(16)25-13)30-22-17(23)8-14(9-18(22)24)26-20(27)11-21(28)29/h5-10H,3-4,11H2,1-2H3,(H,26,27)(H,28,29). The molecule has 0 saturated carbocycles. The van der Waals surface area contributed by atoms with Crippen LogP contribution in [0, 0.1) is 6.92 Å². The van der Waals surface area contributed by atoms with Crippen molar-refractivity contribution in [3.63, 3.8) is 0 Å². The van der Waals surface area contributed by atoms with Crippen molar-refractivity contribution in [3.05, 3.63) is 56.6 Å². The second-order valence-corrected chi connectivity index (χ2v) is 8.56. The van der Waals surface area contributed by atoms with Gasteiger partial charge in [0.2, 0.25) is 5.91 Å². The number of hydrogen-bond acceptors (Lipinski definition) is 4. The van der Waals surface area contributed by atoms with E-state index in [9.17, 15) is 9.59 Å². The normalized spacial score (nSPS) is 10.8. The Labute approximate surface area is 190 Å². The fourth-order valence-electron chi connectivity index (χ4n) is 3.08. The van der Waals surface area contributed by atoms with Crippen molar-refractivity contribution in [1.82, 2.24) is 4.98 Å². The van der Waals surface area contributed by atoms with Crippen LogP contribution in [0.3, 0.4) is 0 Å². The molecular weight excluding hydrogens is 516 g/mol. The number of aliphatic carboxylic acids is 1. The summed E-state index contributed by atoms with van der Waals surface area (Å²) in [5.74, 6) is -0.595. The Morgan fingerprint density at radius 2 is 1.83 bits per heavy atom. The van der Waals surface area contributed by atoms with E-state index < -0.39 is 18.3 Å². The molecule has 0 bridgehead atoms.